The Hall–Kier alpha value is 0.852. The number of benzene rings is 1. The molecule has 0 amide bonds. The third-order valence-corrected chi connectivity index (χ3v) is 29.0. The molecule has 0 aliphatic carbocycles. The van der Waals surface area contributed by atoms with E-state index in [0.717, 1.165) is 5.19 Å². The Morgan fingerprint density at radius 2 is 0.619 bits per heavy atom. The molecule has 8 nitrogen and oxygen atoms in total. The average molecular weight is 756 g/mol. The van der Waals surface area contributed by atoms with Crippen molar-refractivity contribution in [3.63, 3.8) is 0 Å². The molecule has 1 aromatic rings. The fraction of sp³-hybridized carbons (Fsp3) is 0.760. The molecule has 0 bridgehead atoms. The van der Waals surface area contributed by atoms with Crippen LogP contribution in [-0.2, 0) is 32.9 Å². The van der Waals surface area contributed by atoms with E-state index in [0.29, 0.717) is 0 Å². The van der Waals surface area contributed by atoms with Crippen LogP contribution in [0.2, 0.25) is 85.1 Å². The van der Waals surface area contributed by atoms with E-state index in [1.165, 1.54) is 0 Å². The molecule has 1 aromatic carbocycles. The SMILES string of the molecule is C.C.C.C.C.C.C[SiH](C)O[Si](O[SiH](C)C)(O[SiH](C)C)O[Si](C)(O[Si](O[SiH](C)C)(O[SiH](C)C)O[SiH](C)C)c1ccccc1. The van der Waals surface area contributed by atoms with Gasteiger partial charge in [-0.2, -0.15) is 0 Å². The van der Waals surface area contributed by atoms with E-state index in [1.807, 2.05) is 36.9 Å². The molecule has 0 saturated carbocycles. The highest BCUT2D eigenvalue weighted by atomic mass is 28.6. The van der Waals surface area contributed by atoms with E-state index in [4.69, 9.17) is 32.9 Å². The highest BCUT2D eigenvalue weighted by Gasteiger charge is 2.60. The predicted octanol–water partition coefficient (Wildman–Crippen LogP) is 6.69. The van der Waals surface area contributed by atoms with Crippen molar-refractivity contribution < 1.29 is 32.9 Å². The van der Waals surface area contributed by atoms with Gasteiger partial charge in [-0.1, -0.05) is 74.9 Å². The van der Waals surface area contributed by atoms with E-state index < -0.39 is 80.9 Å². The summed E-state index contributed by atoms with van der Waals surface area (Å²) in [6, 6.07) is 10.1. The van der Waals surface area contributed by atoms with E-state index in [1.54, 1.807) is 0 Å². The van der Waals surface area contributed by atoms with Crippen LogP contribution >= 0.6 is 0 Å². The summed E-state index contributed by atoms with van der Waals surface area (Å²) in [6.45, 7) is 27.5. The van der Waals surface area contributed by atoms with Gasteiger partial charge in [0.05, 0.1) is 0 Å². The molecule has 0 aliphatic rings. The molecular formula is C25H74O8Si9. The normalized spacial score (nSPS) is 11.9. The highest BCUT2D eigenvalue weighted by molar-refractivity contribution is 6.93. The van der Waals surface area contributed by atoms with E-state index in [-0.39, 0.29) is 44.6 Å². The van der Waals surface area contributed by atoms with E-state index >= 15 is 0 Å². The highest BCUT2D eigenvalue weighted by Crippen LogP contribution is 2.28. The standard InChI is InChI=1S/C19H50O8Si9.6CH4/c1-28(2)20-35(21-29(3)4,22-30(5)6)26-34(13,19-17-15-14-16-18-19)27-36(23-31(7)8,24-32(9)10)25-33(11)12;;;;;;/h14-18,28-33H,1-13H3;6*1H4. The molecule has 0 radical (unpaired) electrons. The molecule has 1 rings (SSSR count). The maximum Gasteiger partial charge on any atom is 0.638 e. The molecule has 0 saturated heterocycles. The lowest BCUT2D eigenvalue weighted by atomic mass is 10.4. The Morgan fingerprint density at radius 3 is 0.810 bits per heavy atom. The first kappa shape index (κ1) is 55.3. The third-order valence-electron chi connectivity index (χ3n) is 4.22. The molecule has 0 heterocycles. The Kier molecular flexibility index (Phi) is 32.9. The molecule has 42 heavy (non-hydrogen) atoms. The first-order valence-corrected chi connectivity index (χ1v) is 35.3. The maximum absolute atomic E-state index is 7.08. The van der Waals surface area contributed by atoms with Gasteiger partial charge in [-0.05, 0) is 90.3 Å². The van der Waals surface area contributed by atoms with Crippen LogP contribution in [-0.4, -0.2) is 80.9 Å². The fourth-order valence-corrected chi connectivity index (χ4v) is 31.4. The van der Waals surface area contributed by atoms with Crippen molar-refractivity contribution in [2.45, 2.75) is 130 Å². The first-order chi connectivity index (χ1) is 16.5. The molecule has 0 aliphatic heterocycles. The number of hydrogen-bond acceptors (Lipinski definition) is 8. The Balaban J connectivity index is -0.000000540. The van der Waals surface area contributed by atoms with Crippen LogP contribution in [0.4, 0.5) is 0 Å². The van der Waals surface area contributed by atoms with Crippen molar-refractivity contribution in [2.75, 3.05) is 0 Å². The minimum absolute atomic E-state index is 0. The summed E-state index contributed by atoms with van der Waals surface area (Å²) in [5.74, 6) is 0. The molecule has 0 unspecified atom stereocenters. The van der Waals surface area contributed by atoms with Crippen LogP contribution < -0.4 is 5.19 Å². The molecule has 0 aromatic heterocycles. The average Bonchev–Trinajstić information content (AvgIpc) is 2.64. The second-order valence-corrected chi connectivity index (χ2v) is 34.9. The van der Waals surface area contributed by atoms with Crippen molar-refractivity contribution in [1.82, 2.24) is 0 Å². The van der Waals surface area contributed by atoms with Crippen molar-refractivity contribution in [3.8, 4) is 0 Å². The van der Waals surface area contributed by atoms with Gasteiger partial charge in [-0.15, -0.1) is 0 Å². The molecular weight excluding hydrogens is 681 g/mol. The van der Waals surface area contributed by atoms with Crippen molar-refractivity contribution >= 4 is 86.1 Å². The minimum Gasteiger partial charge on any atom is -0.399 e. The quantitative estimate of drug-likeness (QED) is 0.163. The molecule has 0 fully saturated rings. The van der Waals surface area contributed by atoms with Crippen LogP contribution in [0.1, 0.15) is 44.6 Å². The summed E-state index contributed by atoms with van der Waals surface area (Å²) >= 11 is 0. The Morgan fingerprint density at radius 1 is 0.405 bits per heavy atom. The van der Waals surface area contributed by atoms with Crippen LogP contribution in [0.15, 0.2) is 30.3 Å². The van der Waals surface area contributed by atoms with Crippen LogP contribution in [0.5, 0.6) is 0 Å². The lowest BCUT2D eigenvalue weighted by Gasteiger charge is -2.43. The minimum atomic E-state index is -3.51. The maximum atomic E-state index is 7.08. The van der Waals surface area contributed by atoms with E-state index in [9.17, 15) is 0 Å². The monoisotopic (exact) mass is 754 g/mol. The largest absolute Gasteiger partial charge is 0.638 e. The summed E-state index contributed by atoms with van der Waals surface area (Å²) in [4.78, 5) is 0. The van der Waals surface area contributed by atoms with Gasteiger partial charge in [0.1, 0.15) is 0 Å². The van der Waals surface area contributed by atoms with Gasteiger partial charge >= 0.3 is 26.7 Å². The summed E-state index contributed by atoms with van der Waals surface area (Å²) in [5, 5.41) is 0.952. The fourth-order valence-electron chi connectivity index (χ4n) is 3.40. The summed E-state index contributed by atoms with van der Waals surface area (Å²) in [5.41, 5.74) is 0. The molecule has 0 N–H and O–H groups in total. The molecule has 17 heteroatoms. The number of hydrogen-bond donors (Lipinski definition) is 0. The van der Waals surface area contributed by atoms with Gasteiger partial charge < -0.3 is 32.9 Å². The molecule has 0 atom stereocenters. The van der Waals surface area contributed by atoms with Crippen LogP contribution in [0.25, 0.3) is 0 Å². The Labute approximate surface area is 277 Å². The topological polar surface area (TPSA) is 73.8 Å². The molecule has 258 valence electrons. The van der Waals surface area contributed by atoms with Crippen LogP contribution in [0.3, 0.4) is 0 Å². The van der Waals surface area contributed by atoms with E-state index in [2.05, 4.69) is 78.6 Å². The van der Waals surface area contributed by atoms with Crippen LogP contribution in [0, 0.1) is 0 Å². The summed E-state index contributed by atoms with van der Waals surface area (Å²) in [7, 11) is -19.8. The van der Waals surface area contributed by atoms with Crippen molar-refractivity contribution in [3.05, 3.63) is 30.3 Å². The third kappa shape index (κ3) is 20.1. The first-order valence-electron chi connectivity index (χ1n) is 13.0. The zero-order valence-corrected chi connectivity index (χ0v) is 34.5. The number of rotatable bonds is 17. The second-order valence-electron chi connectivity index (χ2n) is 10.5. The van der Waals surface area contributed by atoms with Crippen molar-refractivity contribution in [2.24, 2.45) is 0 Å². The van der Waals surface area contributed by atoms with Gasteiger partial charge in [0.2, 0.25) is 0 Å². The van der Waals surface area contributed by atoms with Gasteiger partial charge in [0, 0.05) is 0 Å². The predicted molar refractivity (Wildman–Crippen MR) is 212 cm³/mol. The Bertz CT molecular complexity index is 668. The smallest absolute Gasteiger partial charge is 0.399 e. The van der Waals surface area contributed by atoms with Gasteiger partial charge in [0.25, 0.3) is 0 Å². The van der Waals surface area contributed by atoms with Gasteiger partial charge in [-0.3, -0.25) is 0 Å². The van der Waals surface area contributed by atoms with Gasteiger partial charge in [-0.25, -0.2) is 0 Å². The van der Waals surface area contributed by atoms with Gasteiger partial charge in [0.15, 0.2) is 54.2 Å². The lowest BCUT2D eigenvalue weighted by molar-refractivity contribution is 0.114. The molecule has 0 spiro atoms. The summed E-state index contributed by atoms with van der Waals surface area (Å²) < 4.78 is 53.7. The summed E-state index contributed by atoms with van der Waals surface area (Å²) in [6.07, 6.45) is 0. The zero-order valence-electron chi connectivity index (χ0n) is 24.6. The van der Waals surface area contributed by atoms with Crippen molar-refractivity contribution in [1.29, 1.82) is 0 Å². The zero-order chi connectivity index (χ0) is 27.7. The second kappa shape index (κ2) is 25.0. The lowest BCUT2D eigenvalue weighted by Crippen LogP contribution is -2.70.